The first-order valence-corrected chi connectivity index (χ1v) is 17.8. The number of nitrogens with zero attached hydrogens (tertiary/aromatic N) is 5. The van der Waals surface area contributed by atoms with Gasteiger partial charge in [0.15, 0.2) is 0 Å². The summed E-state index contributed by atoms with van der Waals surface area (Å²) in [7, 11) is 0. The zero-order valence-electron chi connectivity index (χ0n) is 28.4. The van der Waals surface area contributed by atoms with Crippen molar-refractivity contribution in [3.8, 4) is 0 Å². The third-order valence-electron chi connectivity index (χ3n) is 10.6. The number of benzene rings is 2. The number of urea groups is 1. The van der Waals surface area contributed by atoms with Crippen molar-refractivity contribution in [3.05, 3.63) is 59.3 Å². The van der Waals surface area contributed by atoms with E-state index in [0.29, 0.717) is 64.7 Å². The van der Waals surface area contributed by atoms with Crippen molar-refractivity contribution in [2.24, 2.45) is 0 Å². The number of amides is 4. The molecule has 7 rings (SSSR count). The minimum atomic E-state index is -4.65. The molecule has 16 heteroatoms. The SMILES string of the molecule is O=C(NC(Cc1cc(C(F)(F)F)c2[nH]ncc2c1)C(=O)N1CCN(C2CCNCC2)CC1)ON1CCC(N2CCc3ccccc3NC2=O)CC1. The highest BCUT2D eigenvalue weighted by atomic mass is 19.4. The molecule has 0 bridgehead atoms. The molecule has 274 valence electrons. The van der Waals surface area contributed by atoms with Crippen molar-refractivity contribution in [1.82, 2.24) is 40.6 Å². The van der Waals surface area contributed by atoms with Gasteiger partial charge in [-0.05, 0) is 74.5 Å². The molecular weight excluding hydrogens is 667 g/mol. The number of anilines is 1. The van der Waals surface area contributed by atoms with E-state index in [1.54, 1.807) is 11.0 Å². The van der Waals surface area contributed by atoms with Gasteiger partial charge in [0.2, 0.25) is 5.91 Å². The molecule has 0 saturated carbocycles. The van der Waals surface area contributed by atoms with Crippen LogP contribution in [0.15, 0.2) is 42.6 Å². The highest BCUT2D eigenvalue weighted by Gasteiger charge is 2.37. The van der Waals surface area contributed by atoms with Crippen molar-refractivity contribution in [2.45, 2.75) is 62.8 Å². The number of rotatable bonds is 7. The number of aromatic nitrogens is 2. The Bertz CT molecular complexity index is 1710. The number of piperazine rings is 1. The van der Waals surface area contributed by atoms with Gasteiger partial charge in [0.1, 0.15) is 6.04 Å². The van der Waals surface area contributed by atoms with Crippen LogP contribution in [0.4, 0.5) is 28.4 Å². The Morgan fingerprint density at radius 3 is 2.45 bits per heavy atom. The molecule has 0 radical (unpaired) electrons. The van der Waals surface area contributed by atoms with Gasteiger partial charge in [-0.1, -0.05) is 18.2 Å². The van der Waals surface area contributed by atoms with Gasteiger partial charge in [0.25, 0.3) is 0 Å². The van der Waals surface area contributed by atoms with Crippen LogP contribution in [0, 0.1) is 0 Å². The van der Waals surface area contributed by atoms with Gasteiger partial charge in [-0.15, -0.1) is 5.06 Å². The molecule has 4 aliphatic rings. The fourth-order valence-corrected chi connectivity index (χ4v) is 7.87. The number of nitrogens with one attached hydrogen (secondary N) is 4. The average molecular weight is 712 g/mol. The topological polar surface area (TPSA) is 138 Å². The minimum absolute atomic E-state index is 0.0410. The van der Waals surface area contributed by atoms with Crippen LogP contribution in [-0.4, -0.2) is 125 Å². The first-order valence-electron chi connectivity index (χ1n) is 17.8. The molecule has 0 aliphatic carbocycles. The van der Waals surface area contributed by atoms with Gasteiger partial charge in [0, 0.05) is 75.4 Å². The molecule has 1 atom stereocenters. The molecule has 0 spiro atoms. The summed E-state index contributed by atoms with van der Waals surface area (Å²) < 4.78 is 42.1. The van der Waals surface area contributed by atoms with Crippen LogP contribution in [0.2, 0.25) is 0 Å². The Morgan fingerprint density at radius 1 is 0.961 bits per heavy atom. The van der Waals surface area contributed by atoms with Crippen LogP contribution in [-0.2, 0) is 28.7 Å². The first kappa shape index (κ1) is 35.0. The normalized spacial score (nSPS) is 20.8. The Labute approximate surface area is 293 Å². The van der Waals surface area contributed by atoms with Crippen molar-refractivity contribution >= 4 is 34.6 Å². The molecular formula is C35H44F3N9O4. The van der Waals surface area contributed by atoms with Gasteiger partial charge in [-0.25, -0.2) is 9.59 Å². The van der Waals surface area contributed by atoms with Crippen LogP contribution in [0.25, 0.3) is 10.9 Å². The number of H-pyrrole nitrogens is 1. The number of fused-ring (bicyclic) bond motifs is 2. The maximum atomic E-state index is 14.0. The smallest absolute Gasteiger partial charge is 0.351 e. The summed E-state index contributed by atoms with van der Waals surface area (Å²) in [4.78, 5) is 51.9. The number of hydrogen-bond donors (Lipinski definition) is 4. The van der Waals surface area contributed by atoms with Gasteiger partial charge in [-0.3, -0.25) is 14.8 Å². The minimum Gasteiger partial charge on any atom is -0.351 e. The lowest BCUT2D eigenvalue weighted by Gasteiger charge is -2.41. The Morgan fingerprint density at radius 2 is 1.71 bits per heavy atom. The van der Waals surface area contributed by atoms with Crippen molar-refractivity contribution in [2.75, 3.05) is 64.2 Å². The van der Waals surface area contributed by atoms with Gasteiger partial charge in [0.05, 0.1) is 17.3 Å². The Hall–Kier alpha value is -4.41. The Kier molecular flexibility index (Phi) is 10.3. The largest absolute Gasteiger partial charge is 0.426 e. The van der Waals surface area contributed by atoms with E-state index in [0.717, 1.165) is 49.7 Å². The van der Waals surface area contributed by atoms with E-state index in [2.05, 4.69) is 31.0 Å². The van der Waals surface area contributed by atoms with E-state index in [1.807, 2.05) is 29.2 Å². The first-order chi connectivity index (χ1) is 24.6. The molecule has 1 aromatic heterocycles. The number of aromatic amines is 1. The zero-order valence-corrected chi connectivity index (χ0v) is 28.4. The number of halogens is 3. The predicted molar refractivity (Wildman–Crippen MR) is 183 cm³/mol. The Balaban J connectivity index is 1.00. The molecule has 2 aromatic carbocycles. The van der Waals surface area contributed by atoms with E-state index in [1.165, 1.54) is 11.3 Å². The van der Waals surface area contributed by atoms with E-state index in [-0.39, 0.29) is 40.9 Å². The summed E-state index contributed by atoms with van der Waals surface area (Å²) in [6, 6.07) is 9.39. The van der Waals surface area contributed by atoms with Crippen LogP contribution in [0.1, 0.15) is 42.4 Å². The molecule has 4 amide bonds. The highest BCUT2D eigenvalue weighted by molar-refractivity contribution is 5.91. The number of carbonyl (C=O) groups is 3. The number of alkyl halides is 3. The molecule has 5 heterocycles. The number of para-hydroxylation sites is 1. The maximum absolute atomic E-state index is 14.0. The molecule has 3 saturated heterocycles. The lowest BCUT2D eigenvalue weighted by atomic mass is 9.99. The standard InChI is InChI=1S/C35H44F3N9O4/c36-35(37,38)28-20-23(19-25-22-40-43-31(25)28)21-30(32(48)45-17-15-44(16-18-45)26-5-10-39-11-6-26)42-34(50)51-46-12-8-27(9-13-46)47-14-7-24-3-1-2-4-29(24)41-33(47)49/h1-4,19-20,22,26-27,30,39H,5-18,21H2,(H,40,43)(H,41,49)(H,42,50). The number of hydrogen-bond acceptors (Lipinski definition) is 8. The van der Waals surface area contributed by atoms with Gasteiger partial charge < -0.3 is 30.6 Å². The van der Waals surface area contributed by atoms with Crippen molar-refractivity contribution in [3.63, 3.8) is 0 Å². The third-order valence-corrected chi connectivity index (χ3v) is 10.6. The fourth-order valence-electron chi connectivity index (χ4n) is 7.87. The number of piperidine rings is 2. The predicted octanol–water partition coefficient (Wildman–Crippen LogP) is 3.58. The summed E-state index contributed by atoms with van der Waals surface area (Å²) in [5.74, 6) is -0.371. The number of carbonyl (C=O) groups excluding carboxylic acids is 3. The quantitative estimate of drug-likeness (QED) is 0.292. The maximum Gasteiger partial charge on any atom is 0.426 e. The third kappa shape index (κ3) is 8.07. The van der Waals surface area contributed by atoms with Crippen molar-refractivity contribution in [1.29, 1.82) is 0 Å². The molecule has 4 aliphatic heterocycles. The summed E-state index contributed by atoms with van der Waals surface area (Å²) >= 11 is 0. The summed E-state index contributed by atoms with van der Waals surface area (Å²) in [6.45, 7) is 5.51. The highest BCUT2D eigenvalue weighted by Crippen LogP contribution is 2.35. The van der Waals surface area contributed by atoms with E-state index in [9.17, 15) is 27.6 Å². The van der Waals surface area contributed by atoms with E-state index in [4.69, 9.17) is 4.84 Å². The second-order valence-electron chi connectivity index (χ2n) is 13.8. The van der Waals surface area contributed by atoms with Crippen LogP contribution >= 0.6 is 0 Å². The van der Waals surface area contributed by atoms with E-state index >= 15 is 0 Å². The average Bonchev–Trinajstić information content (AvgIpc) is 3.53. The molecule has 51 heavy (non-hydrogen) atoms. The molecule has 1 unspecified atom stereocenters. The number of hydroxylamine groups is 2. The summed E-state index contributed by atoms with van der Waals surface area (Å²) in [5.41, 5.74) is 1.11. The molecule has 3 fully saturated rings. The van der Waals surface area contributed by atoms with Crippen molar-refractivity contribution < 1.29 is 32.4 Å². The second kappa shape index (κ2) is 15.1. The molecule has 3 aromatic rings. The fraction of sp³-hybridized carbons (Fsp3) is 0.543. The summed E-state index contributed by atoms with van der Waals surface area (Å²) in [5, 5.41) is 17.0. The molecule has 13 nitrogen and oxygen atoms in total. The second-order valence-corrected chi connectivity index (χ2v) is 13.8. The summed E-state index contributed by atoms with van der Waals surface area (Å²) in [6.07, 6.45) is -0.403. The van der Waals surface area contributed by atoms with Crippen LogP contribution in [0.3, 0.4) is 0 Å². The van der Waals surface area contributed by atoms with Gasteiger partial charge >= 0.3 is 18.3 Å². The monoisotopic (exact) mass is 711 g/mol. The van der Waals surface area contributed by atoms with Crippen LogP contribution < -0.4 is 16.0 Å². The molecule has 4 N–H and O–H groups in total. The van der Waals surface area contributed by atoms with E-state index < -0.39 is 23.9 Å². The zero-order chi connectivity index (χ0) is 35.5. The lowest BCUT2D eigenvalue weighted by Crippen LogP contribution is -2.58. The van der Waals surface area contributed by atoms with Gasteiger partial charge in [-0.2, -0.15) is 18.3 Å². The van der Waals surface area contributed by atoms with Crippen LogP contribution in [0.5, 0.6) is 0 Å². The lowest BCUT2D eigenvalue weighted by molar-refractivity contribution is -0.137.